The van der Waals surface area contributed by atoms with Crippen LogP contribution in [0.15, 0.2) is 59.9 Å². The van der Waals surface area contributed by atoms with Crippen LogP contribution in [0.5, 0.6) is 0 Å². The maximum absolute atomic E-state index is 12.6. The van der Waals surface area contributed by atoms with E-state index in [9.17, 15) is 8.42 Å². The van der Waals surface area contributed by atoms with E-state index in [2.05, 4.69) is 9.97 Å². The monoisotopic (exact) mass is 339 g/mol. The first kappa shape index (κ1) is 15.2. The van der Waals surface area contributed by atoms with E-state index in [1.54, 1.807) is 22.6 Å². The van der Waals surface area contributed by atoms with Gasteiger partial charge in [-0.25, -0.2) is 18.4 Å². The van der Waals surface area contributed by atoms with Crippen molar-refractivity contribution >= 4 is 20.9 Å². The van der Waals surface area contributed by atoms with E-state index in [1.807, 2.05) is 30.3 Å². The fourth-order valence-electron chi connectivity index (χ4n) is 3.05. The second-order valence-corrected chi connectivity index (χ2v) is 7.87. The first-order valence-electron chi connectivity index (χ1n) is 7.95. The number of nitrogens with zero attached hydrogens (tertiary/aromatic N) is 3. The van der Waals surface area contributed by atoms with Crippen LogP contribution in [-0.4, -0.2) is 35.8 Å². The molecular weight excluding hydrogens is 322 g/mol. The van der Waals surface area contributed by atoms with Gasteiger partial charge in [0.15, 0.2) is 0 Å². The molecule has 1 saturated heterocycles. The summed E-state index contributed by atoms with van der Waals surface area (Å²) in [4.78, 5) is 8.63. The Bertz CT molecular complexity index is 979. The SMILES string of the molecule is O=S(=O)(c1ccc(-c2ccc3cncnc3c2)cc1)N1CCCC1. The minimum Gasteiger partial charge on any atom is -0.244 e. The van der Waals surface area contributed by atoms with Gasteiger partial charge in [-0.3, -0.25) is 0 Å². The van der Waals surface area contributed by atoms with Crippen LogP contribution in [-0.2, 0) is 10.0 Å². The largest absolute Gasteiger partial charge is 0.244 e. The molecule has 0 saturated carbocycles. The van der Waals surface area contributed by atoms with Gasteiger partial charge in [-0.1, -0.05) is 24.3 Å². The predicted octanol–water partition coefficient (Wildman–Crippen LogP) is 3.08. The number of hydrogen-bond donors (Lipinski definition) is 0. The molecule has 1 aliphatic heterocycles. The highest BCUT2D eigenvalue weighted by Gasteiger charge is 2.26. The van der Waals surface area contributed by atoms with Crippen LogP contribution >= 0.6 is 0 Å². The molecule has 0 bridgehead atoms. The van der Waals surface area contributed by atoms with Gasteiger partial charge in [0.05, 0.1) is 10.4 Å². The smallest absolute Gasteiger partial charge is 0.243 e. The van der Waals surface area contributed by atoms with Gasteiger partial charge in [0.25, 0.3) is 0 Å². The van der Waals surface area contributed by atoms with Crippen molar-refractivity contribution < 1.29 is 8.42 Å². The van der Waals surface area contributed by atoms with Crippen molar-refractivity contribution in [3.63, 3.8) is 0 Å². The summed E-state index contributed by atoms with van der Waals surface area (Å²) in [7, 11) is -3.36. The standard InChI is InChI=1S/C18H17N3O2S/c22-24(23,21-9-1-2-10-21)17-7-5-14(6-8-17)15-3-4-16-12-19-13-20-18(16)11-15/h3-8,11-13H,1-2,9-10H2. The summed E-state index contributed by atoms with van der Waals surface area (Å²) in [5, 5.41) is 0.981. The summed E-state index contributed by atoms with van der Waals surface area (Å²) >= 11 is 0. The van der Waals surface area contributed by atoms with Crippen LogP contribution in [0.1, 0.15) is 12.8 Å². The van der Waals surface area contributed by atoms with E-state index < -0.39 is 10.0 Å². The Morgan fingerprint density at radius 3 is 2.38 bits per heavy atom. The average Bonchev–Trinajstić information content (AvgIpc) is 3.17. The molecule has 2 heterocycles. The lowest BCUT2D eigenvalue weighted by Crippen LogP contribution is -2.27. The first-order chi connectivity index (χ1) is 11.6. The van der Waals surface area contributed by atoms with Crippen LogP contribution in [0.25, 0.3) is 22.0 Å². The highest BCUT2D eigenvalue weighted by atomic mass is 32.2. The lowest BCUT2D eigenvalue weighted by atomic mass is 10.0. The second-order valence-electron chi connectivity index (χ2n) is 5.93. The number of hydrogen-bond acceptors (Lipinski definition) is 4. The third-order valence-electron chi connectivity index (χ3n) is 4.40. The molecule has 0 atom stereocenters. The Morgan fingerprint density at radius 1 is 0.917 bits per heavy atom. The fraction of sp³-hybridized carbons (Fsp3) is 0.222. The van der Waals surface area contributed by atoms with Crippen LogP contribution < -0.4 is 0 Å². The molecule has 0 N–H and O–H groups in total. The van der Waals surface area contributed by atoms with E-state index in [-0.39, 0.29) is 0 Å². The molecule has 3 aromatic rings. The number of rotatable bonds is 3. The van der Waals surface area contributed by atoms with Gasteiger partial charge in [0, 0.05) is 24.7 Å². The van der Waals surface area contributed by atoms with Gasteiger partial charge in [-0.2, -0.15) is 4.31 Å². The minimum atomic E-state index is -3.36. The highest BCUT2D eigenvalue weighted by molar-refractivity contribution is 7.89. The molecule has 6 heteroatoms. The Hall–Kier alpha value is -2.31. The van der Waals surface area contributed by atoms with Gasteiger partial charge >= 0.3 is 0 Å². The Morgan fingerprint density at radius 2 is 1.62 bits per heavy atom. The Balaban J connectivity index is 1.67. The van der Waals surface area contributed by atoms with Gasteiger partial charge in [-0.15, -0.1) is 0 Å². The molecule has 0 spiro atoms. The highest BCUT2D eigenvalue weighted by Crippen LogP contribution is 2.26. The van der Waals surface area contributed by atoms with Crippen LogP contribution in [0.3, 0.4) is 0 Å². The van der Waals surface area contributed by atoms with Crippen molar-refractivity contribution in [2.45, 2.75) is 17.7 Å². The third kappa shape index (κ3) is 2.68. The van der Waals surface area contributed by atoms with Crippen LogP contribution in [0, 0.1) is 0 Å². The predicted molar refractivity (Wildman–Crippen MR) is 93.0 cm³/mol. The molecule has 24 heavy (non-hydrogen) atoms. The van der Waals surface area contributed by atoms with Gasteiger partial charge < -0.3 is 0 Å². The zero-order valence-corrected chi connectivity index (χ0v) is 13.9. The lowest BCUT2D eigenvalue weighted by molar-refractivity contribution is 0.477. The first-order valence-corrected chi connectivity index (χ1v) is 9.39. The molecule has 5 nitrogen and oxygen atoms in total. The molecule has 2 aromatic carbocycles. The van der Waals surface area contributed by atoms with Crippen molar-refractivity contribution in [2.24, 2.45) is 0 Å². The van der Waals surface area contributed by atoms with Crippen molar-refractivity contribution in [1.82, 2.24) is 14.3 Å². The topological polar surface area (TPSA) is 63.2 Å². The number of benzene rings is 2. The average molecular weight is 339 g/mol. The molecule has 1 aromatic heterocycles. The Kier molecular flexibility index (Phi) is 3.78. The number of aromatic nitrogens is 2. The third-order valence-corrected chi connectivity index (χ3v) is 6.31. The normalized spacial score (nSPS) is 15.8. The second kappa shape index (κ2) is 5.96. The van der Waals surface area contributed by atoms with Crippen LogP contribution in [0.2, 0.25) is 0 Å². The van der Waals surface area contributed by atoms with Gasteiger partial charge in [-0.05, 0) is 42.2 Å². The molecule has 1 fully saturated rings. The summed E-state index contributed by atoms with van der Waals surface area (Å²) in [6.07, 6.45) is 5.18. The molecule has 0 unspecified atom stereocenters. The number of sulfonamides is 1. The van der Waals surface area contributed by atoms with Crippen molar-refractivity contribution in [1.29, 1.82) is 0 Å². The molecule has 0 aliphatic carbocycles. The van der Waals surface area contributed by atoms with Crippen molar-refractivity contribution in [3.05, 3.63) is 55.0 Å². The fourth-order valence-corrected chi connectivity index (χ4v) is 4.57. The maximum Gasteiger partial charge on any atom is 0.243 e. The molecule has 122 valence electrons. The quantitative estimate of drug-likeness (QED) is 0.736. The molecule has 1 aliphatic rings. The summed E-state index contributed by atoms with van der Waals surface area (Å²) in [6.45, 7) is 1.24. The van der Waals surface area contributed by atoms with Gasteiger partial charge in [0.1, 0.15) is 6.33 Å². The van der Waals surface area contributed by atoms with Crippen LogP contribution in [0.4, 0.5) is 0 Å². The zero-order chi connectivity index (χ0) is 16.6. The summed E-state index contributed by atoms with van der Waals surface area (Å²) in [5.74, 6) is 0. The van der Waals surface area contributed by atoms with E-state index in [1.165, 1.54) is 6.33 Å². The number of fused-ring (bicyclic) bond motifs is 1. The van der Waals surface area contributed by atoms with E-state index in [0.717, 1.165) is 34.9 Å². The summed E-state index contributed by atoms with van der Waals surface area (Å²) in [6, 6.07) is 13.0. The lowest BCUT2D eigenvalue weighted by Gasteiger charge is -2.15. The van der Waals surface area contributed by atoms with E-state index in [0.29, 0.717) is 18.0 Å². The molecule has 0 radical (unpaired) electrons. The van der Waals surface area contributed by atoms with Crippen molar-refractivity contribution in [2.75, 3.05) is 13.1 Å². The summed E-state index contributed by atoms with van der Waals surface area (Å²) < 4.78 is 26.7. The van der Waals surface area contributed by atoms with Gasteiger partial charge in [0.2, 0.25) is 10.0 Å². The molecule has 4 rings (SSSR count). The Labute approximate surface area is 141 Å². The minimum absolute atomic E-state index is 0.358. The van der Waals surface area contributed by atoms with E-state index >= 15 is 0 Å². The molecular formula is C18H17N3O2S. The summed E-state index contributed by atoms with van der Waals surface area (Å²) in [5.41, 5.74) is 2.85. The maximum atomic E-state index is 12.6. The van der Waals surface area contributed by atoms with E-state index in [4.69, 9.17) is 0 Å². The zero-order valence-electron chi connectivity index (χ0n) is 13.1. The molecule has 0 amide bonds. The van der Waals surface area contributed by atoms with Crippen molar-refractivity contribution in [3.8, 4) is 11.1 Å².